The fourth-order valence-corrected chi connectivity index (χ4v) is 1.45. The van der Waals surface area contributed by atoms with Gasteiger partial charge in [0, 0.05) is 5.56 Å². The van der Waals surface area contributed by atoms with Crippen molar-refractivity contribution in [1.82, 2.24) is 0 Å². The molecule has 0 saturated carbocycles. The molecule has 0 aliphatic rings. The van der Waals surface area contributed by atoms with Crippen molar-refractivity contribution in [2.75, 3.05) is 0 Å². The van der Waals surface area contributed by atoms with Gasteiger partial charge in [-0.2, -0.15) is 0 Å². The summed E-state index contributed by atoms with van der Waals surface area (Å²) in [5.74, 6) is -0.0000813. The Bertz CT molecular complexity index is 476. The summed E-state index contributed by atoms with van der Waals surface area (Å²) in [4.78, 5) is 11.9. The van der Waals surface area contributed by atoms with Gasteiger partial charge in [-0.3, -0.25) is 4.79 Å². The number of allylic oxidation sites excluding steroid dienone is 6. The van der Waals surface area contributed by atoms with Crippen LogP contribution in [0.2, 0.25) is 0 Å². The first-order valence-electron chi connectivity index (χ1n) is 5.42. The highest BCUT2D eigenvalue weighted by Crippen LogP contribution is 2.12. The first-order chi connectivity index (χ1) is 8.19. The molecule has 0 atom stereocenters. The minimum Gasteiger partial charge on any atom is -0.289 e. The smallest absolute Gasteiger partial charge is 0.186 e. The van der Waals surface area contributed by atoms with E-state index in [0.29, 0.717) is 5.56 Å². The second kappa shape index (κ2) is 6.44. The summed E-state index contributed by atoms with van der Waals surface area (Å²) in [6, 6.07) is 9.20. The Morgan fingerprint density at radius 2 is 1.82 bits per heavy atom. The van der Waals surface area contributed by atoms with Gasteiger partial charge in [-0.05, 0) is 24.1 Å². The average molecular weight is 224 g/mol. The van der Waals surface area contributed by atoms with Gasteiger partial charge in [-0.1, -0.05) is 61.7 Å². The summed E-state index contributed by atoms with van der Waals surface area (Å²) >= 11 is 0. The molecule has 0 aliphatic heterocycles. The number of carbonyl (C=O) groups excluding carboxylic acids is 1. The first-order valence-corrected chi connectivity index (χ1v) is 5.42. The van der Waals surface area contributed by atoms with Gasteiger partial charge in [0.1, 0.15) is 0 Å². The summed E-state index contributed by atoms with van der Waals surface area (Å²) in [6.45, 7) is 9.23. The maximum atomic E-state index is 11.9. The van der Waals surface area contributed by atoms with Crippen molar-refractivity contribution in [3.8, 4) is 0 Å². The van der Waals surface area contributed by atoms with E-state index in [4.69, 9.17) is 0 Å². The lowest BCUT2D eigenvalue weighted by Crippen LogP contribution is -1.95. The van der Waals surface area contributed by atoms with Crippen molar-refractivity contribution >= 4 is 5.78 Å². The van der Waals surface area contributed by atoms with Crippen LogP contribution in [0, 0.1) is 0 Å². The van der Waals surface area contributed by atoms with Crippen LogP contribution in [0.4, 0.5) is 0 Å². The average Bonchev–Trinajstić information content (AvgIpc) is 2.36. The lowest BCUT2D eigenvalue weighted by molar-refractivity contribution is 0.104. The van der Waals surface area contributed by atoms with Crippen LogP contribution in [-0.2, 0) is 0 Å². The van der Waals surface area contributed by atoms with Gasteiger partial charge >= 0.3 is 0 Å². The molecule has 1 aromatic rings. The SMILES string of the molecule is C=C/C=C(C=C)/C(C)=C/C(=O)c1ccccc1. The molecule has 0 fully saturated rings. The molecule has 0 heterocycles. The summed E-state index contributed by atoms with van der Waals surface area (Å²) in [5, 5.41) is 0. The maximum Gasteiger partial charge on any atom is 0.186 e. The molecule has 1 aromatic carbocycles. The molecular formula is C16H16O. The molecule has 0 saturated heterocycles. The molecular weight excluding hydrogens is 208 g/mol. The maximum absolute atomic E-state index is 11.9. The zero-order valence-corrected chi connectivity index (χ0v) is 10.0. The van der Waals surface area contributed by atoms with E-state index in [-0.39, 0.29) is 5.78 Å². The van der Waals surface area contributed by atoms with Crippen LogP contribution in [0.25, 0.3) is 0 Å². The van der Waals surface area contributed by atoms with Crippen LogP contribution in [0.1, 0.15) is 17.3 Å². The third-order valence-electron chi connectivity index (χ3n) is 2.38. The van der Waals surface area contributed by atoms with Crippen LogP contribution >= 0.6 is 0 Å². The molecule has 0 unspecified atom stereocenters. The predicted octanol–water partition coefficient (Wildman–Crippen LogP) is 4.11. The second-order valence-electron chi connectivity index (χ2n) is 3.62. The molecule has 86 valence electrons. The molecule has 0 radical (unpaired) electrons. The highest BCUT2D eigenvalue weighted by Gasteiger charge is 2.03. The number of carbonyl (C=O) groups is 1. The Morgan fingerprint density at radius 3 is 2.35 bits per heavy atom. The lowest BCUT2D eigenvalue weighted by atomic mass is 10.0. The van der Waals surface area contributed by atoms with Crippen molar-refractivity contribution in [3.05, 3.63) is 84.5 Å². The number of hydrogen-bond acceptors (Lipinski definition) is 1. The van der Waals surface area contributed by atoms with E-state index in [1.54, 1.807) is 30.4 Å². The molecule has 17 heavy (non-hydrogen) atoms. The van der Waals surface area contributed by atoms with Crippen LogP contribution in [0.5, 0.6) is 0 Å². The predicted molar refractivity (Wildman–Crippen MR) is 73.0 cm³/mol. The molecule has 0 bridgehead atoms. The molecule has 0 aromatic heterocycles. The van der Waals surface area contributed by atoms with E-state index in [2.05, 4.69) is 13.2 Å². The molecule has 0 spiro atoms. The Balaban J connectivity index is 2.96. The van der Waals surface area contributed by atoms with Crippen LogP contribution in [0.15, 0.2) is 78.9 Å². The zero-order valence-electron chi connectivity index (χ0n) is 10.0. The Kier molecular flexibility index (Phi) is 4.89. The monoisotopic (exact) mass is 224 g/mol. The Morgan fingerprint density at radius 1 is 1.18 bits per heavy atom. The molecule has 1 heteroatoms. The molecule has 0 N–H and O–H groups in total. The summed E-state index contributed by atoms with van der Waals surface area (Å²) in [5.41, 5.74) is 2.48. The van der Waals surface area contributed by atoms with Crippen LogP contribution < -0.4 is 0 Å². The normalized spacial score (nSPS) is 12.1. The zero-order chi connectivity index (χ0) is 12.7. The van der Waals surface area contributed by atoms with Gasteiger partial charge in [0.05, 0.1) is 0 Å². The van der Waals surface area contributed by atoms with Gasteiger partial charge in [0.2, 0.25) is 0 Å². The van der Waals surface area contributed by atoms with Gasteiger partial charge in [-0.25, -0.2) is 0 Å². The molecule has 1 rings (SSSR count). The van der Waals surface area contributed by atoms with Crippen molar-refractivity contribution in [1.29, 1.82) is 0 Å². The van der Waals surface area contributed by atoms with Crippen LogP contribution in [0.3, 0.4) is 0 Å². The summed E-state index contributed by atoms with van der Waals surface area (Å²) in [7, 11) is 0. The third kappa shape index (κ3) is 3.72. The van der Waals surface area contributed by atoms with E-state index >= 15 is 0 Å². The van der Waals surface area contributed by atoms with Crippen molar-refractivity contribution in [2.45, 2.75) is 6.92 Å². The van der Waals surface area contributed by atoms with E-state index < -0.39 is 0 Å². The largest absolute Gasteiger partial charge is 0.289 e. The lowest BCUT2D eigenvalue weighted by Gasteiger charge is -2.01. The third-order valence-corrected chi connectivity index (χ3v) is 2.38. The van der Waals surface area contributed by atoms with E-state index in [1.807, 2.05) is 31.2 Å². The van der Waals surface area contributed by atoms with Crippen molar-refractivity contribution in [3.63, 3.8) is 0 Å². The van der Waals surface area contributed by atoms with E-state index in [0.717, 1.165) is 11.1 Å². The highest BCUT2D eigenvalue weighted by molar-refractivity contribution is 6.05. The van der Waals surface area contributed by atoms with Crippen molar-refractivity contribution < 1.29 is 4.79 Å². The van der Waals surface area contributed by atoms with E-state index in [9.17, 15) is 4.79 Å². The quantitative estimate of drug-likeness (QED) is 0.418. The second-order valence-corrected chi connectivity index (χ2v) is 3.62. The summed E-state index contributed by atoms with van der Waals surface area (Å²) in [6.07, 6.45) is 6.84. The first kappa shape index (κ1) is 12.9. The van der Waals surface area contributed by atoms with Crippen molar-refractivity contribution in [2.24, 2.45) is 0 Å². The minimum atomic E-state index is -0.0000813. The molecule has 0 aliphatic carbocycles. The Hall–Kier alpha value is -2.15. The fourth-order valence-electron chi connectivity index (χ4n) is 1.45. The number of ketones is 1. The van der Waals surface area contributed by atoms with Gasteiger partial charge in [0.25, 0.3) is 0 Å². The van der Waals surface area contributed by atoms with E-state index in [1.165, 1.54) is 0 Å². The number of rotatable bonds is 5. The van der Waals surface area contributed by atoms with Crippen LogP contribution in [-0.4, -0.2) is 5.78 Å². The minimum absolute atomic E-state index is 0.0000813. The van der Waals surface area contributed by atoms with Gasteiger partial charge < -0.3 is 0 Å². The molecule has 1 nitrogen and oxygen atoms in total. The van der Waals surface area contributed by atoms with Gasteiger partial charge in [-0.15, -0.1) is 0 Å². The topological polar surface area (TPSA) is 17.1 Å². The summed E-state index contributed by atoms with van der Waals surface area (Å²) < 4.78 is 0. The Labute approximate surface area is 102 Å². The standard InChI is InChI=1S/C16H16O/c1-4-9-14(5-2)13(3)12-16(17)15-10-7-6-8-11-15/h4-12H,1-2H2,3H3/b13-12+,14-9+. The number of hydrogen-bond donors (Lipinski definition) is 0. The molecule has 0 amide bonds. The van der Waals surface area contributed by atoms with Gasteiger partial charge in [0.15, 0.2) is 5.78 Å². The fraction of sp³-hybridized carbons (Fsp3) is 0.0625. The highest BCUT2D eigenvalue weighted by atomic mass is 16.1. The number of benzene rings is 1.